The number of carbonyl (C=O) groups is 2. The van der Waals surface area contributed by atoms with Crippen LogP contribution >= 0.6 is 11.8 Å². The summed E-state index contributed by atoms with van der Waals surface area (Å²) in [6.45, 7) is -0.484. The Kier molecular flexibility index (Phi) is 4.97. The van der Waals surface area contributed by atoms with E-state index < -0.39 is 28.9 Å². The molecule has 9 heteroatoms. The van der Waals surface area contributed by atoms with E-state index in [0.29, 0.717) is 4.90 Å². The number of hydrogen-bond acceptors (Lipinski definition) is 5. The molecule has 0 aromatic heterocycles. The Morgan fingerprint density at radius 2 is 2.14 bits per heavy atom. The molecule has 1 atom stereocenters. The Morgan fingerprint density at radius 1 is 1.41 bits per heavy atom. The molecule has 120 valence electrons. The number of nitrogens with one attached hydrogen (secondary N) is 1. The summed E-state index contributed by atoms with van der Waals surface area (Å²) < 4.78 is 42.5. The average molecular weight is 335 g/mol. The fraction of sp³-hybridized carbons (Fsp3) is 0.385. The molecule has 2 rings (SSSR count). The lowest BCUT2D eigenvalue weighted by Crippen LogP contribution is -2.31. The number of aliphatic hydroxyl groups is 1. The number of anilines is 1. The standard InChI is InChI=1S/C13H12F3NO4S/c14-13(15,16)7-1-2-9-8(5-7)17-12(20)10(22-9)6-11(19)21-4-3-18/h1-2,5,10,18H,3-4,6H2,(H,17,20). The number of esters is 1. The van der Waals surface area contributed by atoms with E-state index >= 15 is 0 Å². The molecule has 1 heterocycles. The van der Waals surface area contributed by atoms with Gasteiger partial charge in [0.1, 0.15) is 6.61 Å². The molecule has 0 fully saturated rings. The van der Waals surface area contributed by atoms with E-state index in [9.17, 15) is 22.8 Å². The van der Waals surface area contributed by atoms with Crippen LogP contribution in [0.25, 0.3) is 0 Å². The Labute approximate surface area is 127 Å². The van der Waals surface area contributed by atoms with Crippen molar-refractivity contribution in [1.82, 2.24) is 0 Å². The second kappa shape index (κ2) is 6.57. The van der Waals surface area contributed by atoms with Crippen LogP contribution in [-0.2, 0) is 20.5 Å². The van der Waals surface area contributed by atoms with Gasteiger partial charge in [0.2, 0.25) is 5.91 Å². The highest BCUT2D eigenvalue weighted by Crippen LogP contribution is 2.40. The molecule has 1 aromatic carbocycles. The number of halogens is 3. The molecular formula is C13H12F3NO4S. The second-order valence-electron chi connectivity index (χ2n) is 4.45. The minimum Gasteiger partial charge on any atom is -0.463 e. The van der Waals surface area contributed by atoms with E-state index in [-0.39, 0.29) is 25.3 Å². The van der Waals surface area contributed by atoms with E-state index in [2.05, 4.69) is 10.1 Å². The predicted octanol–water partition coefficient (Wildman–Crippen LogP) is 2.04. The largest absolute Gasteiger partial charge is 0.463 e. The lowest BCUT2D eigenvalue weighted by atomic mass is 10.1. The number of carbonyl (C=O) groups excluding carboxylic acids is 2. The van der Waals surface area contributed by atoms with Crippen molar-refractivity contribution in [3.05, 3.63) is 23.8 Å². The van der Waals surface area contributed by atoms with Crippen molar-refractivity contribution >= 4 is 29.3 Å². The molecule has 0 saturated heterocycles. The average Bonchev–Trinajstić information content (AvgIpc) is 2.44. The maximum absolute atomic E-state index is 12.6. The molecule has 1 unspecified atom stereocenters. The molecule has 0 radical (unpaired) electrons. The van der Waals surface area contributed by atoms with Crippen molar-refractivity contribution in [2.24, 2.45) is 0 Å². The summed E-state index contributed by atoms with van der Waals surface area (Å²) in [5.74, 6) is -1.21. The maximum atomic E-state index is 12.6. The summed E-state index contributed by atoms with van der Waals surface area (Å²) in [7, 11) is 0. The molecule has 22 heavy (non-hydrogen) atoms. The molecule has 2 N–H and O–H groups in total. The molecule has 5 nitrogen and oxygen atoms in total. The molecule has 1 aromatic rings. The number of aliphatic hydroxyl groups excluding tert-OH is 1. The second-order valence-corrected chi connectivity index (χ2v) is 5.70. The van der Waals surface area contributed by atoms with Crippen LogP contribution < -0.4 is 5.32 Å². The van der Waals surface area contributed by atoms with Crippen LogP contribution in [-0.4, -0.2) is 35.4 Å². The van der Waals surface area contributed by atoms with Gasteiger partial charge in [-0.1, -0.05) is 0 Å². The van der Waals surface area contributed by atoms with Gasteiger partial charge in [-0.25, -0.2) is 0 Å². The highest BCUT2D eigenvalue weighted by Gasteiger charge is 2.34. The first-order valence-corrected chi connectivity index (χ1v) is 7.14. The fourth-order valence-electron chi connectivity index (χ4n) is 1.83. The van der Waals surface area contributed by atoms with Gasteiger partial charge in [0.15, 0.2) is 0 Å². The molecule has 0 bridgehead atoms. The van der Waals surface area contributed by atoms with Gasteiger partial charge in [-0.2, -0.15) is 13.2 Å². The van der Waals surface area contributed by atoms with Crippen LogP contribution in [0.5, 0.6) is 0 Å². The minimum absolute atomic E-state index is 0.0739. The van der Waals surface area contributed by atoms with E-state index in [4.69, 9.17) is 5.11 Å². The molecule has 1 amide bonds. The lowest BCUT2D eigenvalue weighted by Gasteiger charge is -2.24. The van der Waals surface area contributed by atoms with Gasteiger partial charge < -0.3 is 15.2 Å². The first-order valence-electron chi connectivity index (χ1n) is 6.26. The summed E-state index contributed by atoms with van der Waals surface area (Å²) in [6, 6.07) is 3.04. The summed E-state index contributed by atoms with van der Waals surface area (Å²) in [5.41, 5.74) is -0.780. The Balaban J connectivity index is 2.10. The third-order valence-corrected chi connectivity index (χ3v) is 4.11. The van der Waals surface area contributed by atoms with E-state index in [1.807, 2.05) is 0 Å². The topological polar surface area (TPSA) is 75.6 Å². The van der Waals surface area contributed by atoms with Crippen molar-refractivity contribution < 1.29 is 32.6 Å². The van der Waals surface area contributed by atoms with Crippen molar-refractivity contribution in [2.45, 2.75) is 22.7 Å². The number of benzene rings is 1. The zero-order chi connectivity index (χ0) is 16.3. The van der Waals surface area contributed by atoms with Crippen LogP contribution in [0.4, 0.5) is 18.9 Å². The number of amides is 1. The van der Waals surface area contributed by atoms with E-state index in [1.165, 1.54) is 6.07 Å². The number of alkyl halides is 3. The van der Waals surface area contributed by atoms with E-state index in [1.54, 1.807) is 0 Å². The molecule has 1 aliphatic heterocycles. The molecule has 0 spiro atoms. The molecule has 1 aliphatic rings. The van der Waals surface area contributed by atoms with Gasteiger partial charge in [-0.05, 0) is 18.2 Å². The summed E-state index contributed by atoms with van der Waals surface area (Å²) in [6.07, 6.45) is -4.72. The van der Waals surface area contributed by atoms with Gasteiger partial charge in [0.05, 0.1) is 29.5 Å². The monoisotopic (exact) mass is 335 g/mol. The number of thioether (sulfide) groups is 1. The predicted molar refractivity (Wildman–Crippen MR) is 72.4 cm³/mol. The Hall–Kier alpha value is -1.74. The lowest BCUT2D eigenvalue weighted by molar-refractivity contribution is -0.145. The highest BCUT2D eigenvalue weighted by atomic mass is 32.2. The maximum Gasteiger partial charge on any atom is 0.416 e. The molecular weight excluding hydrogens is 323 g/mol. The summed E-state index contributed by atoms with van der Waals surface area (Å²) in [4.78, 5) is 23.7. The smallest absolute Gasteiger partial charge is 0.416 e. The van der Waals surface area contributed by atoms with Crippen molar-refractivity contribution in [3.8, 4) is 0 Å². The molecule has 0 aliphatic carbocycles. The van der Waals surface area contributed by atoms with Crippen LogP contribution in [0.15, 0.2) is 23.1 Å². The SMILES string of the molecule is O=C(CC1Sc2ccc(C(F)(F)F)cc2NC1=O)OCCO. The normalized spacial score (nSPS) is 17.6. The van der Waals surface area contributed by atoms with Gasteiger partial charge in [-0.15, -0.1) is 11.8 Å². The van der Waals surface area contributed by atoms with Gasteiger partial charge in [-0.3, -0.25) is 9.59 Å². The molecule has 0 saturated carbocycles. The van der Waals surface area contributed by atoms with Gasteiger partial charge in [0, 0.05) is 4.90 Å². The summed E-state index contributed by atoms with van der Waals surface area (Å²) >= 11 is 1.00. The minimum atomic E-state index is -4.49. The zero-order valence-corrected chi connectivity index (χ0v) is 12.0. The van der Waals surface area contributed by atoms with Crippen molar-refractivity contribution in [3.63, 3.8) is 0 Å². The van der Waals surface area contributed by atoms with Crippen molar-refractivity contribution in [2.75, 3.05) is 18.5 Å². The first-order chi connectivity index (χ1) is 10.3. The van der Waals surface area contributed by atoms with Crippen molar-refractivity contribution in [1.29, 1.82) is 0 Å². The number of ether oxygens (including phenoxy) is 1. The number of hydrogen-bond donors (Lipinski definition) is 2. The third-order valence-electron chi connectivity index (χ3n) is 2.83. The van der Waals surface area contributed by atoms with Gasteiger partial charge >= 0.3 is 12.1 Å². The van der Waals surface area contributed by atoms with Gasteiger partial charge in [0.25, 0.3) is 0 Å². The Morgan fingerprint density at radius 3 is 2.77 bits per heavy atom. The number of rotatable bonds is 4. The summed E-state index contributed by atoms with van der Waals surface area (Å²) in [5, 5.41) is 10.1. The zero-order valence-electron chi connectivity index (χ0n) is 11.1. The van der Waals surface area contributed by atoms with Crippen LogP contribution in [0.2, 0.25) is 0 Å². The third kappa shape index (κ3) is 3.92. The first kappa shape index (κ1) is 16.6. The Bertz CT molecular complexity index is 591. The fourth-order valence-corrected chi connectivity index (χ4v) is 2.91. The van der Waals surface area contributed by atoms with Crippen LogP contribution in [0, 0.1) is 0 Å². The highest BCUT2D eigenvalue weighted by molar-refractivity contribution is 8.01. The quantitative estimate of drug-likeness (QED) is 0.824. The number of fused-ring (bicyclic) bond motifs is 1. The van der Waals surface area contributed by atoms with Crippen LogP contribution in [0.1, 0.15) is 12.0 Å². The van der Waals surface area contributed by atoms with Crippen LogP contribution in [0.3, 0.4) is 0 Å². The van der Waals surface area contributed by atoms with E-state index in [0.717, 1.165) is 23.9 Å².